The zero-order valence-electron chi connectivity index (χ0n) is 80.1. The Bertz CT molecular complexity index is 8820. The Morgan fingerprint density at radius 1 is 0.204 bits per heavy atom. The van der Waals surface area contributed by atoms with Crippen LogP contribution in [0.25, 0.3) is 160 Å². The number of hydrogen-bond donors (Lipinski definition) is 0. The van der Waals surface area contributed by atoms with Crippen molar-refractivity contribution in [2.45, 2.75) is 94.3 Å². The van der Waals surface area contributed by atoms with Crippen LogP contribution in [0.3, 0.4) is 0 Å². The first-order valence-electron chi connectivity index (χ1n) is 52.1. The van der Waals surface area contributed by atoms with Crippen molar-refractivity contribution in [3.63, 3.8) is 0 Å². The summed E-state index contributed by atoms with van der Waals surface area (Å²) in [5.41, 5.74) is 45.3. The fraction of sp³-hybridized carbons (Fsp3) is 0.168. The highest BCUT2D eigenvalue weighted by molar-refractivity contribution is 6.20. The molecule has 3 heterocycles. The number of benzene rings is 19. The van der Waals surface area contributed by atoms with Crippen LogP contribution >= 0.6 is 0 Å². The van der Waals surface area contributed by atoms with Gasteiger partial charge in [0, 0.05) is 99.6 Å². The van der Waals surface area contributed by atoms with Gasteiger partial charge in [0.15, 0.2) is 0 Å². The monoisotopic (exact) mass is 1820 g/mol. The van der Waals surface area contributed by atoms with Crippen molar-refractivity contribution < 1.29 is 0 Å². The molecule has 0 atom stereocenters. The lowest BCUT2D eigenvalue weighted by atomic mass is 9.43. The highest BCUT2D eigenvalue weighted by Gasteiger charge is 2.63. The minimum Gasteiger partial charge on any atom is -0.310 e. The molecule has 0 aliphatic heterocycles. The third-order valence-electron chi connectivity index (χ3n) is 36.0. The van der Waals surface area contributed by atoms with Crippen LogP contribution < -0.4 is 9.80 Å². The summed E-state index contributed by atoms with van der Waals surface area (Å²) in [6.45, 7) is 4.73. The number of fused-ring (bicyclic) bond motifs is 18. The molecule has 22 aromatic rings. The first kappa shape index (κ1) is 82.1. The van der Waals surface area contributed by atoms with Crippen LogP contribution in [-0.2, 0) is 16.2 Å². The molecule has 0 saturated heterocycles. The van der Waals surface area contributed by atoms with E-state index in [0.29, 0.717) is 0 Å². The van der Waals surface area contributed by atoms with Gasteiger partial charge in [-0.2, -0.15) is 0 Å². The summed E-state index contributed by atoms with van der Waals surface area (Å²) >= 11 is 0. The Morgan fingerprint density at radius 2 is 0.542 bits per heavy atom. The normalized spacial score (nSPS) is 21.1. The molecule has 0 radical (unpaired) electrons. The van der Waals surface area contributed by atoms with Gasteiger partial charge >= 0.3 is 0 Å². The zero-order valence-corrected chi connectivity index (χ0v) is 80.1. The molecule has 0 N–H and O–H groups in total. The van der Waals surface area contributed by atoms with Gasteiger partial charge < -0.3 is 23.5 Å². The maximum atomic E-state index is 2.59. The standard InChI is InChI=1S/C70H53N3.C67H54N2/c1-4-16-47(17-5-1)48-30-33-54(34-31-48)71(66-28-15-29-67-69(66)58-23-11-13-26-63(58)72(67)52-18-6-2-7-19-52)55-35-37-64-60(44-55)68-56(24-14-27-65(68)73(64)53-20-8-3-9-21-53)49-32-36-62-59(43-49)57-22-10-12-25-61(57)70(62)50-39-45-38-46(41-50)42-51(70)40-45;1-66(2)60-22-11-9-18-54(60)58-40-51(29-32-61(58)66)68(50-27-24-45(25-28-50)44-14-5-3-6-15-44)52-30-33-64-59(41-52)56-21-13-20-53(65(56)69(64)49-16-7-4-8-17-49)46-26-31-63-57(39-46)55-19-10-12-23-62(55)67(63)47-35-42-34-43(37-47)38-48(67)36-42/h1-37,43-46,50-51H,38-42H2;3-33,39-43,47-48H,34-38H2,1-2H3. The first-order chi connectivity index (χ1) is 70.1. The van der Waals surface area contributed by atoms with Gasteiger partial charge in [0.05, 0.1) is 38.8 Å². The summed E-state index contributed by atoms with van der Waals surface area (Å²) < 4.78 is 7.43. The molecule has 680 valence electrons. The van der Waals surface area contributed by atoms with Gasteiger partial charge in [0.25, 0.3) is 0 Å². The number of rotatable bonds is 13. The van der Waals surface area contributed by atoms with Crippen LogP contribution in [0.15, 0.2) is 443 Å². The molecule has 5 heteroatoms. The van der Waals surface area contributed by atoms with Crippen LogP contribution in [-0.4, -0.2) is 13.7 Å². The molecule has 8 saturated carbocycles. The Morgan fingerprint density at radius 3 is 1.09 bits per heavy atom. The second kappa shape index (κ2) is 31.6. The van der Waals surface area contributed by atoms with Gasteiger partial charge in [-0.25, -0.2) is 0 Å². The number of aromatic nitrogens is 3. The van der Waals surface area contributed by atoms with E-state index in [0.717, 1.165) is 92.8 Å². The topological polar surface area (TPSA) is 21.3 Å². The predicted molar refractivity (Wildman–Crippen MR) is 591 cm³/mol. The quantitative estimate of drug-likeness (QED) is 0.115. The molecule has 3 aromatic heterocycles. The van der Waals surface area contributed by atoms with E-state index in [1.807, 2.05) is 0 Å². The molecule has 11 aliphatic rings. The molecule has 0 unspecified atom stereocenters. The molecule has 11 aliphatic carbocycles. The maximum absolute atomic E-state index is 2.59. The highest BCUT2D eigenvalue weighted by Crippen LogP contribution is 2.72. The molecular formula is C137H107N5. The van der Waals surface area contributed by atoms with Crippen molar-refractivity contribution in [1.82, 2.24) is 13.7 Å². The summed E-state index contributed by atoms with van der Waals surface area (Å²) in [6, 6.07) is 167. The fourth-order valence-corrected chi connectivity index (χ4v) is 30.9. The number of anilines is 6. The molecule has 2 spiro atoms. The van der Waals surface area contributed by atoms with E-state index in [2.05, 4.69) is 480 Å². The second-order valence-electron chi connectivity index (χ2n) is 43.4. The smallest absolute Gasteiger partial charge is 0.0619 e. The Labute approximate surface area is 830 Å². The number of para-hydroxylation sites is 5. The third-order valence-corrected chi connectivity index (χ3v) is 36.0. The lowest BCUT2D eigenvalue weighted by Crippen LogP contribution is -2.55. The van der Waals surface area contributed by atoms with E-state index in [4.69, 9.17) is 0 Å². The van der Waals surface area contributed by atoms with Crippen LogP contribution in [0.4, 0.5) is 34.1 Å². The summed E-state index contributed by atoms with van der Waals surface area (Å²) in [5.74, 6) is 6.67. The fourth-order valence-electron chi connectivity index (χ4n) is 30.9. The van der Waals surface area contributed by atoms with Crippen LogP contribution in [0.2, 0.25) is 0 Å². The summed E-state index contributed by atoms with van der Waals surface area (Å²) in [4.78, 5) is 4.97. The van der Waals surface area contributed by atoms with Crippen molar-refractivity contribution in [1.29, 1.82) is 0 Å². The largest absolute Gasteiger partial charge is 0.310 e. The van der Waals surface area contributed by atoms with Gasteiger partial charge in [-0.15, -0.1) is 0 Å². The van der Waals surface area contributed by atoms with Gasteiger partial charge in [-0.3, -0.25) is 0 Å². The van der Waals surface area contributed by atoms with E-state index in [-0.39, 0.29) is 16.2 Å². The van der Waals surface area contributed by atoms with E-state index >= 15 is 0 Å². The van der Waals surface area contributed by atoms with Gasteiger partial charge in [-0.05, 0) is 363 Å². The molecule has 142 heavy (non-hydrogen) atoms. The number of nitrogens with zero attached hydrogens (tertiary/aromatic N) is 5. The van der Waals surface area contributed by atoms with E-state index in [9.17, 15) is 0 Å². The molecule has 5 nitrogen and oxygen atoms in total. The Kier molecular flexibility index (Phi) is 18.3. The Hall–Kier alpha value is -15.8. The van der Waals surface area contributed by atoms with Gasteiger partial charge in [0.1, 0.15) is 0 Å². The van der Waals surface area contributed by atoms with Crippen molar-refractivity contribution in [3.05, 3.63) is 476 Å². The maximum Gasteiger partial charge on any atom is 0.0619 e. The van der Waals surface area contributed by atoms with Gasteiger partial charge in [0.2, 0.25) is 0 Å². The first-order valence-corrected chi connectivity index (χ1v) is 52.1. The average Bonchev–Trinajstić information content (AvgIpc) is 1.51. The third kappa shape index (κ3) is 12.1. The van der Waals surface area contributed by atoms with Crippen molar-refractivity contribution >= 4 is 99.5 Å². The lowest BCUT2D eigenvalue weighted by molar-refractivity contribution is -0.0399. The molecule has 33 rings (SSSR count). The molecule has 8 bridgehead atoms. The molecular weight excluding hydrogens is 1720 g/mol. The van der Waals surface area contributed by atoms with Crippen molar-refractivity contribution in [2.24, 2.45) is 47.3 Å². The Balaban J connectivity index is 0.000000133. The summed E-state index contributed by atoms with van der Waals surface area (Å²) in [5, 5.41) is 7.45. The van der Waals surface area contributed by atoms with E-state index in [1.54, 1.807) is 22.3 Å². The van der Waals surface area contributed by atoms with E-state index in [1.165, 1.54) is 224 Å². The zero-order chi connectivity index (χ0) is 93.4. The molecule has 0 amide bonds. The SMILES string of the molecule is CC1(C)c2ccccc2-c2cc(N(c3ccc(-c4ccccc4)cc3)c3ccc4c(c3)c3cccc(-c5ccc6c(c5)-c5ccccc5C65C6CC7CC(C6)CC5C7)c3n4-c3ccccc3)ccc21.c1ccc(-c2ccc(N(c3ccc4c(c3)c3c(-c5ccc6c(c5)-c5ccccc5C65C6CC7CC(C6)CC5C7)cccc3n4-c3ccccc3)c3cccc4c3c3ccccc3n4-c3ccccc3)cc2)cc1. The van der Waals surface area contributed by atoms with Crippen LogP contribution in [0, 0.1) is 47.3 Å². The summed E-state index contributed by atoms with van der Waals surface area (Å²) in [7, 11) is 0. The minimum absolute atomic E-state index is 0.0682. The number of hydrogen-bond acceptors (Lipinski definition) is 2. The predicted octanol–water partition coefficient (Wildman–Crippen LogP) is 36.0. The van der Waals surface area contributed by atoms with Crippen molar-refractivity contribution in [2.75, 3.05) is 9.80 Å². The highest BCUT2D eigenvalue weighted by atomic mass is 15.2. The lowest BCUT2D eigenvalue weighted by Gasteiger charge is -2.61. The average molecular weight is 1820 g/mol. The second-order valence-corrected chi connectivity index (χ2v) is 43.4. The summed E-state index contributed by atoms with van der Waals surface area (Å²) in [6.07, 6.45) is 14.1. The van der Waals surface area contributed by atoms with Crippen LogP contribution in [0.5, 0.6) is 0 Å². The van der Waals surface area contributed by atoms with Crippen LogP contribution in [0.1, 0.15) is 111 Å². The van der Waals surface area contributed by atoms with E-state index < -0.39 is 0 Å². The molecule has 19 aromatic carbocycles. The van der Waals surface area contributed by atoms with Crippen molar-refractivity contribution in [3.8, 4) is 95.0 Å². The minimum atomic E-state index is -0.0682. The van der Waals surface area contributed by atoms with Gasteiger partial charge in [-0.1, -0.05) is 311 Å². The molecule has 8 fully saturated rings.